The van der Waals surface area contributed by atoms with Crippen molar-refractivity contribution in [3.05, 3.63) is 28.3 Å². The van der Waals surface area contributed by atoms with Crippen LogP contribution < -0.4 is 5.32 Å². The van der Waals surface area contributed by atoms with E-state index in [1.54, 1.807) is 12.1 Å². The number of fused-ring (bicyclic) bond motifs is 1. The number of nitrogens with one attached hydrogen (secondary N) is 1. The Morgan fingerprint density at radius 2 is 2.21 bits per heavy atom. The summed E-state index contributed by atoms with van der Waals surface area (Å²) in [6, 6.07) is 4.81. The molecule has 0 atom stereocenters. The van der Waals surface area contributed by atoms with Gasteiger partial charge in [0.15, 0.2) is 5.13 Å². The Labute approximate surface area is 114 Å². The van der Waals surface area contributed by atoms with Crippen LogP contribution in [0.5, 0.6) is 0 Å². The Hall–Kier alpha value is -1.69. The van der Waals surface area contributed by atoms with Crippen LogP contribution in [0.3, 0.4) is 0 Å². The van der Waals surface area contributed by atoms with Crippen molar-refractivity contribution in [3.63, 3.8) is 0 Å². The summed E-state index contributed by atoms with van der Waals surface area (Å²) in [7, 11) is 0. The summed E-state index contributed by atoms with van der Waals surface area (Å²) in [5.74, 6) is 0.751. The minimum absolute atomic E-state index is 0.124. The van der Waals surface area contributed by atoms with E-state index < -0.39 is 0 Å². The molecule has 1 heterocycles. The van der Waals surface area contributed by atoms with E-state index in [-0.39, 0.29) is 10.6 Å². The maximum atomic E-state index is 10.7. The highest BCUT2D eigenvalue weighted by atomic mass is 32.1. The predicted octanol–water partition coefficient (Wildman–Crippen LogP) is 3.81. The first-order valence-corrected chi connectivity index (χ1v) is 7.33. The third-order valence-electron chi connectivity index (χ3n) is 3.60. The number of non-ortho nitro benzene ring substituents is 1. The second kappa shape index (κ2) is 5.13. The second-order valence-corrected chi connectivity index (χ2v) is 5.99. The van der Waals surface area contributed by atoms with Crippen LogP contribution in [0.4, 0.5) is 10.8 Å². The Balaban J connectivity index is 1.75. The molecule has 0 aliphatic heterocycles. The van der Waals surface area contributed by atoms with E-state index in [9.17, 15) is 10.1 Å². The van der Waals surface area contributed by atoms with Gasteiger partial charge in [-0.1, -0.05) is 24.2 Å². The zero-order valence-electron chi connectivity index (χ0n) is 10.5. The van der Waals surface area contributed by atoms with Gasteiger partial charge in [-0.25, -0.2) is 4.98 Å². The average molecular weight is 277 g/mol. The van der Waals surface area contributed by atoms with Crippen LogP contribution in [0.2, 0.25) is 0 Å². The van der Waals surface area contributed by atoms with Crippen molar-refractivity contribution in [1.29, 1.82) is 0 Å². The standard InChI is InChI=1S/C13H15N3O2S/c17-16(18)10-5-6-11-12(7-10)19-13(15-11)14-8-9-3-1-2-4-9/h5-7,9H,1-4,8H2,(H,14,15). The molecule has 1 N–H and O–H groups in total. The minimum atomic E-state index is -0.370. The maximum Gasteiger partial charge on any atom is 0.270 e. The molecule has 1 aliphatic carbocycles. The smallest absolute Gasteiger partial charge is 0.270 e. The van der Waals surface area contributed by atoms with Crippen LogP contribution in [0.1, 0.15) is 25.7 Å². The van der Waals surface area contributed by atoms with Crippen LogP contribution in [-0.4, -0.2) is 16.5 Å². The molecule has 1 saturated carbocycles. The van der Waals surface area contributed by atoms with E-state index in [0.717, 1.165) is 27.8 Å². The molecule has 2 aromatic rings. The zero-order valence-corrected chi connectivity index (χ0v) is 11.3. The number of hydrogen-bond donors (Lipinski definition) is 1. The molecule has 6 heteroatoms. The van der Waals surface area contributed by atoms with E-state index in [4.69, 9.17) is 0 Å². The van der Waals surface area contributed by atoms with Gasteiger partial charge in [-0.3, -0.25) is 10.1 Å². The second-order valence-electron chi connectivity index (χ2n) is 4.96. The molecule has 1 aliphatic rings. The highest BCUT2D eigenvalue weighted by molar-refractivity contribution is 7.22. The van der Waals surface area contributed by atoms with E-state index in [2.05, 4.69) is 10.3 Å². The van der Waals surface area contributed by atoms with Crippen molar-refractivity contribution in [2.75, 3.05) is 11.9 Å². The fraction of sp³-hybridized carbons (Fsp3) is 0.462. The first kappa shape index (κ1) is 12.3. The molecule has 0 radical (unpaired) electrons. The van der Waals surface area contributed by atoms with Gasteiger partial charge in [0, 0.05) is 18.7 Å². The number of rotatable bonds is 4. The number of hydrogen-bond acceptors (Lipinski definition) is 5. The fourth-order valence-corrected chi connectivity index (χ4v) is 3.45. The first-order chi connectivity index (χ1) is 9.22. The Kier molecular flexibility index (Phi) is 3.33. The summed E-state index contributed by atoms with van der Waals surface area (Å²) in [5, 5.41) is 15.0. The van der Waals surface area contributed by atoms with Gasteiger partial charge in [-0.15, -0.1) is 0 Å². The Bertz CT molecular complexity index is 605. The largest absolute Gasteiger partial charge is 0.361 e. The molecule has 0 spiro atoms. The number of nitro benzene ring substituents is 1. The molecular weight excluding hydrogens is 262 g/mol. The molecule has 3 rings (SSSR count). The van der Waals surface area contributed by atoms with Gasteiger partial charge < -0.3 is 5.32 Å². The van der Waals surface area contributed by atoms with Crippen LogP contribution in [0.25, 0.3) is 10.2 Å². The quantitative estimate of drug-likeness (QED) is 0.681. The summed E-state index contributed by atoms with van der Waals surface area (Å²) in [6.07, 6.45) is 5.25. The normalized spacial score (nSPS) is 16.0. The topological polar surface area (TPSA) is 68.1 Å². The molecule has 1 fully saturated rings. The van der Waals surface area contributed by atoms with Crippen molar-refractivity contribution >= 4 is 32.4 Å². The van der Waals surface area contributed by atoms with Gasteiger partial charge >= 0.3 is 0 Å². The number of thiazole rings is 1. The predicted molar refractivity (Wildman–Crippen MR) is 76.7 cm³/mol. The molecule has 1 aromatic heterocycles. The van der Waals surface area contributed by atoms with Crippen molar-refractivity contribution in [3.8, 4) is 0 Å². The molecule has 19 heavy (non-hydrogen) atoms. The first-order valence-electron chi connectivity index (χ1n) is 6.51. The number of nitrogens with zero attached hydrogens (tertiary/aromatic N) is 2. The third kappa shape index (κ3) is 2.68. The van der Waals surface area contributed by atoms with Crippen LogP contribution in [0.15, 0.2) is 18.2 Å². The van der Waals surface area contributed by atoms with Crippen LogP contribution in [0, 0.1) is 16.0 Å². The molecule has 0 saturated heterocycles. The molecule has 0 unspecified atom stereocenters. The molecule has 0 amide bonds. The average Bonchev–Trinajstić information content (AvgIpc) is 3.04. The van der Waals surface area contributed by atoms with E-state index in [1.165, 1.54) is 43.1 Å². The number of nitro groups is 1. The van der Waals surface area contributed by atoms with Gasteiger partial charge in [0.05, 0.1) is 15.1 Å². The lowest BCUT2D eigenvalue weighted by Gasteiger charge is -2.08. The number of aromatic nitrogens is 1. The minimum Gasteiger partial charge on any atom is -0.361 e. The monoisotopic (exact) mass is 277 g/mol. The molecular formula is C13H15N3O2S. The highest BCUT2D eigenvalue weighted by Gasteiger charge is 2.15. The third-order valence-corrected chi connectivity index (χ3v) is 4.58. The van der Waals surface area contributed by atoms with Crippen LogP contribution >= 0.6 is 11.3 Å². The summed E-state index contributed by atoms with van der Waals surface area (Å²) in [4.78, 5) is 14.8. The van der Waals surface area contributed by atoms with Crippen LogP contribution in [-0.2, 0) is 0 Å². The van der Waals surface area contributed by atoms with Crippen molar-refractivity contribution in [2.24, 2.45) is 5.92 Å². The zero-order chi connectivity index (χ0) is 13.2. The lowest BCUT2D eigenvalue weighted by Crippen LogP contribution is -2.10. The van der Waals surface area contributed by atoms with Gasteiger partial charge in [0.1, 0.15) is 0 Å². The summed E-state index contributed by atoms with van der Waals surface area (Å²) in [5.41, 5.74) is 0.947. The SMILES string of the molecule is O=[N+]([O-])c1ccc2nc(NCC3CCCC3)sc2c1. The van der Waals surface area contributed by atoms with Gasteiger partial charge in [0.2, 0.25) is 0 Å². The summed E-state index contributed by atoms with van der Waals surface area (Å²) in [6.45, 7) is 0.960. The number of benzene rings is 1. The molecule has 100 valence electrons. The van der Waals surface area contributed by atoms with E-state index >= 15 is 0 Å². The Morgan fingerprint density at radius 3 is 2.95 bits per heavy atom. The van der Waals surface area contributed by atoms with E-state index in [0.29, 0.717) is 0 Å². The summed E-state index contributed by atoms with van der Waals surface area (Å²) < 4.78 is 0.864. The number of anilines is 1. The fourth-order valence-electron chi connectivity index (χ4n) is 2.55. The van der Waals surface area contributed by atoms with Gasteiger partial charge in [-0.2, -0.15) is 0 Å². The maximum absolute atomic E-state index is 10.7. The van der Waals surface area contributed by atoms with Gasteiger partial charge in [-0.05, 0) is 24.8 Å². The van der Waals surface area contributed by atoms with E-state index in [1.807, 2.05) is 0 Å². The molecule has 5 nitrogen and oxygen atoms in total. The molecule has 0 bridgehead atoms. The van der Waals surface area contributed by atoms with Gasteiger partial charge in [0.25, 0.3) is 5.69 Å². The summed E-state index contributed by atoms with van der Waals surface area (Å²) >= 11 is 1.49. The highest BCUT2D eigenvalue weighted by Crippen LogP contribution is 2.30. The lowest BCUT2D eigenvalue weighted by atomic mass is 10.1. The van der Waals surface area contributed by atoms with Crippen molar-refractivity contribution < 1.29 is 4.92 Å². The Morgan fingerprint density at radius 1 is 1.42 bits per heavy atom. The van der Waals surface area contributed by atoms with Crippen molar-refractivity contribution in [2.45, 2.75) is 25.7 Å². The lowest BCUT2D eigenvalue weighted by molar-refractivity contribution is -0.384. The van der Waals surface area contributed by atoms with Crippen molar-refractivity contribution in [1.82, 2.24) is 4.98 Å². The molecule has 1 aromatic carbocycles.